The molecule has 0 radical (unpaired) electrons. The predicted octanol–water partition coefficient (Wildman–Crippen LogP) is 3.44. The Labute approximate surface area is 104 Å². The molecule has 0 saturated heterocycles. The molecule has 0 spiro atoms. The van der Waals surface area contributed by atoms with Crippen molar-refractivity contribution in [2.24, 2.45) is 0 Å². The summed E-state index contributed by atoms with van der Waals surface area (Å²) in [6.07, 6.45) is -0.524. The number of halogens is 2. The number of aliphatic hydroxyl groups excluding tert-OH is 1. The fraction of sp³-hybridized carbons (Fsp3) is 0.500. The predicted molar refractivity (Wildman–Crippen MR) is 64.8 cm³/mol. The number of rotatable bonds is 4. The van der Waals surface area contributed by atoms with E-state index in [0.29, 0.717) is 16.5 Å². The zero-order valence-electron chi connectivity index (χ0n) is 9.63. The lowest BCUT2D eigenvalue weighted by molar-refractivity contribution is -0.0208. The molecule has 0 aromatic heterocycles. The molecule has 0 bridgehead atoms. The van der Waals surface area contributed by atoms with E-state index >= 15 is 0 Å². The smallest absolute Gasteiger partial charge is 0.143 e. The van der Waals surface area contributed by atoms with Gasteiger partial charge in [-0.25, -0.2) is 4.39 Å². The van der Waals surface area contributed by atoms with Gasteiger partial charge in [-0.1, -0.05) is 12.1 Å². The van der Waals surface area contributed by atoms with E-state index in [2.05, 4.69) is 15.9 Å². The maximum Gasteiger partial charge on any atom is 0.143 e. The Morgan fingerprint density at radius 1 is 1.50 bits per heavy atom. The van der Waals surface area contributed by atoms with Crippen molar-refractivity contribution in [3.63, 3.8) is 0 Å². The van der Waals surface area contributed by atoms with Crippen molar-refractivity contribution < 1.29 is 14.2 Å². The molecule has 0 aliphatic heterocycles. The largest absolute Gasteiger partial charge is 0.388 e. The Kier molecular flexibility index (Phi) is 4.47. The van der Waals surface area contributed by atoms with Gasteiger partial charge in [-0.2, -0.15) is 0 Å². The molecule has 1 aromatic carbocycles. The first-order chi connectivity index (χ1) is 7.37. The molecule has 4 heteroatoms. The van der Waals surface area contributed by atoms with E-state index in [0.717, 1.165) is 0 Å². The van der Waals surface area contributed by atoms with Crippen molar-refractivity contribution in [2.45, 2.75) is 32.0 Å². The maximum atomic E-state index is 13.7. The molecule has 0 amide bonds. The number of aliphatic hydroxyl groups is 1. The third-order valence-electron chi connectivity index (χ3n) is 2.58. The van der Waals surface area contributed by atoms with Gasteiger partial charge >= 0.3 is 0 Å². The second-order valence-electron chi connectivity index (χ2n) is 4.33. The first-order valence-electron chi connectivity index (χ1n) is 5.04. The SMILES string of the molecule is COC(C)(C)CC(O)c1cccc(Br)c1F. The normalized spacial score (nSPS) is 13.9. The van der Waals surface area contributed by atoms with E-state index in [1.807, 2.05) is 13.8 Å². The molecule has 1 rings (SSSR count). The highest BCUT2D eigenvalue weighted by atomic mass is 79.9. The first kappa shape index (κ1) is 13.6. The van der Waals surface area contributed by atoms with Gasteiger partial charge in [-0.3, -0.25) is 0 Å². The maximum absolute atomic E-state index is 13.7. The number of benzene rings is 1. The first-order valence-corrected chi connectivity index (χ1v) is 5.84. The molecule has 0 fully saturated rings. The standard InChI is InChI=1S/C12H16BrFO2/c1-12(2,16-3)7-10(15)8-5-4-6-9(13)11(8)14/h4-6,10,15H,7H2,1-3H3. The minimum atomic E-state index is -0.868. The lowest BCUT2D eigenvalue weighted by Gasteiger charge is -2.26. The number of hydrogen-bond donors (Lipinski definition) is 1. The zero-order chi connectivity index (χ0) is 12.3. The summed E-state index contributed by atoms with van der Waals surface area (Å²) in [4.78, 5) is 0. The van der Waals surface area contributed by atoms with Crippen LogP contribution in [-0.2, 0) is 4.74 Å². The Bertz CT molecular complexity index is 366. The summed E-state index contributed by atoms with van der Waals surface area (Å²) in [5, 5.41) is 9.95. The lowest BCUT2D eigenvalue weighted by Crippen LogP contribution is -2.25. The van der Waals surface area contributed by atoms with Gasteiger partial charge in [0, 0.05) is 19.1 Å². The molecule has 0 heterocycles. The van der Waals surface area contributed by atoms with Crippen LogP contribution in [0.25, 0.3) is 0 Å². The average Bonchev–Trinajstić information content (AvgIpc) is 2.21. The summed E-state index contributed by atoms with van der Waals surface area (Å²) < 4.78 is 19.2. The van der Waals surface area contributed by atoms with E-state index in [-0.39, 0.29) is 0 Å². The molecular formula is C12H16BrFO2. The van der Waals surface area contributed by atoms with Crippen LogP contribution in [-0.4, -0.2) is 17.8 Å². The van der Waals surface area contributed by atoms with Gasteiger partial charge in [-0.15, -0.1) is 0 Å². The number of hydrogen-bond acceptors (Lipinski definition) is 2. The van der Waals surface area contributed by atoms with Gasteiger partial charge < -0.3 is 9.84 Å². The fourth-order valence-electron chi connectivity index (χ4n) is 1.44. The number of ether oxygens (including phenoxy) is 1. The summed E-state index contributed by atoms with van der Waals surface area (Å²) in [6.45, 7) is 3.71. The molecule has 1 aromatic rings. The minimum absolute atomic E-state index is 0.291. The molecule has 90 valence electrons. The molecule has 1 unspecified atom stereocenters. The number of methoxy groups -OCH3 is 1. The van der Waals surface area contributed by atoms with E-state index in [9.17, 15) is 9.50 Å². The molecule has 0 saturated carbocycles. The van der Waals surface area contributed by atoms with E-state index in [1.165, 1.54) is 0 Å². The quantitative estimate of drug-likeness (QED) is 0.921. The van der Waals surface area contributed by atoms with Crippen molar-refractivity contribution in [1.82, 2.24) is 0 Å². The molecule has 16 heavy (non-hydrogen) atoms. The summed E-state index contributed by atoms with van der Waals surface area (Å²) in [6, 6.07) is 4.88. The highest BCUT2D eigenvalue weighted by Crippen LogP contribution is 2.30. The fourth-order valence-corrected chi connectivity index (χ4v) is 1.82. The Hall–Kier alpha value is -0.450. The zero-order valence-corrected chi connectivity index (χ0v) is 11.2. The van der Waals surface area contributed by atoms with Crippen molar-refractivity contribution in [2.75, 3.05) is 7.11 Å². The molecule has 1 N–H and O–H groups in total. The summed E-state index contributed by atoms with van der Waals surface area (Å²) >= 11 is 3.09. The average molecular weight is 291 g/mol. The second kappa shape index (κ2) is 5.25. The van der Waals surface area contributed by atoms with Crippen LogP contribution in [0, 0.1) is 5.82 Å². The van der Waals surface area contributed by atoms with Gasteiger partial charge in [0.1, 0.15) is 5.82 Å². The molecule has 0 aliphatic carbocycles. The summed E-state index contributed by atoms with van der Waals surface area (Å²) in [5.74, 6) is -0.415. The Balaban J connectivity index is 2.89. The molecule has 2 nitrogen and oxygen atoms in total. The van der Waals surface area contributed by atoms with Crippen LogP contribution in [0.3, 0.4) is 0 Å². The monoisotopic (exact) mass is 290 g/mol. The summed E-state index contributed by atoms with van der Waals surface area (Å²) in [5.41, 5.74) is -0.187. The van der Waals surface area contributed by atoms with Crippen LogP contribution in [0.2, 0.25) is 0 Å². The van der Waals surface area contributed by atoms with Gasteiger partial charge in [0.2, 0.25) is 0 Å². The van der Waals surface area contributed by atoms with Crippen LogP contribution in [0.5, 0.6) is 0 Å². The van der Waals surface area contributed by atoms with Crippen LogP contribution in [0.15, 0.2) is 22.7 Å². The van der Waals surface area contributed by atoms with E-state index < -0.39 is 17.5 Å². The van der Waals surface area contributed by atoms with Gasteiger partial charge in [-0.05, 0) is 35.8 Å². The third-order valence-corrected chi connectivity index (χ3v) is 3.19. The Morgan fingerprint density at radius 2 is 2.12 bits per heavy atom. The van der Waals surface area contributed by atoms with Gasteiger partial charge in [0.05, 0.1) is 16.2 Å². The van der Waals surface area contributed by atoms with Crippen LogP contribution >= 0.6 is 15.9 Å². The van der Waals surface area contributed by atoms with Gasteiger partial charge in [0.25, 0.3) is 0 Å². The van der Waals surface area contributed by atoms with Crippen LogP contribution < -0.4 is 0 Å². The van der Waals surface area contributed by atoms with Crippen molar-refractivity contribution >= 4 is 15.9 Å². The van der Waals surface area contributed by atoms with Crippen molar-refractivity contribution in [3.05, 3.63) is 34.1 Å². The molecule has 1 atom stereocenters. The van der Waals surface area contributed by atoms with Crippen molar-refractivity contribution in [3.8, 4) is 0 Å². The highest BCUT2D eigenvalue weighted by molar-refractivity contribution is 9.10. The lowest BCUT2D eigenvalue weighted by atomic mass is 9.95. The molecule has 0 aliphatic rings. The van der Waals surface area contributed by atoms with Crippen LogP contribution in [0.1, 0.15) is 31.9 Å². The van der Waals surface area contributed by atoms with E-state index in [4.69, 9.17) is 4.74 Å². The van der Waals surface area contributed by atoms with E-state index in [1.54, 1.807) is 25.3 Å². The third kappa shape index (κ3) is 3.27. The Morgan fingerprint density at radius 3 is 2.69 bits per heavy atom. The van der Waals surface area contributed by atoms with Crippen LogP contribution in [0.4, 0.5) is 4.39 Å². The molecular weight excluding hydrogens is 275 g/mol. The minimum Gasteiger partial charge on any atom is -0.388 e. The summed E-state index contributed by atoms with van der Waals surface area (Å²) in [7, 11) is 1.57. The second-order valence-corrected chi connectivity index (χ2v) is 5.18. The van der Waals surface area contributed by atoms with Gasteiger partial charge in [0.15, 0.2) is 0 Å². The van der Waals surface area contributed by atoms with Crippen molar-refractivity contribution in [1.29, 1.82) is 0 Å². The highest BCUT2D eigenvalue weighted by Gasteiger charge is 2.24. The topological polar surface area (TPSA) is 29.5 Å².